The van der Waals surface area contributed by atoms with Crippen LogP contribution in [0, 0.1) is 11.8 Å². The van der Waals surface area contributed by atoms with Crippen LogP contribution in [0.1, 0.15) is 171 Å². The molecule has 0 aromatic carbocycles. The zero-order valence-electron chi connectivity index (χ0n) is 53.2. The number of primary amides is 2. The number of amides is 12. The molecule has 15 atom stereocenters. The molecule has 0 bridgehead atoms. The van der Waals surface area contributed by atoms with Gasteiger partial charge in [-0.1, -0.05) is 91.6 Å². The maximum absolute atomic E-state index is 14.8. The average molecular weight is 1250 g/mol. The first-order chi connectivity index (χ1) is 41.3. The molecule has 2 aliphatic heterocycles. The Morgan fingerprint density at radius 2 is 1.19 bits per heavy atom. The first kappa shape index (κ1) is 77.3. The molecule has 12 amide bonds. The summed E-state index contributed by atoms with van der Waals surface area (Å²) in [5, 5.41) is 63.0. The third-order valence-electron chi connectivity index (χ3n) is 16.1. The molecule has 16 N–H and O–H groups in total. The summed E-state index contributed by atoms with van der Waals surface area (Å²) < 4.78 is 5.44. The second-order valence-corrected chi connectivity index (χ2v) is 23.7. The first-order valence-corrected chi connectivity index (χ1v) is 30.8. The number of hydrogen-bond acceptors (Lipinski definition) is 17. The van der Waals surface area contributed by atoms with Crippen LogP contribution in [0.4, 0.5) is 0 Å². The molecule has 0 saturated carbocycles. The minimum Gasteiger partial charge on any atom is -0.393 e. The van der Waals surface area contributed by atoms with E-state index in [9.17, 15) is 78.0 Å². The molecule has 29 heteroatoms. The molecule has 88 heavy (non-hydrogen) atoms. The number of nitrogens with two attached hydrogens (primary N) is 2. The molecular weight excluding hydrogens is 1150 g/mol. The predicted molar refractivity (Wildman–Crippen MR) is 322 cm³/mol. The number of fused-ring (bicyclic) bond motifs is 1. The fraction of sp³-hybridized carbons (Fsp3) is 0.763. The van der Waals surface area contributed by atoms with Crippen molar-refractivity contribution in [3.05, 3.63) is 11.8 Å². The molecule has 29 nitrogen and oxygen atoms in total. The van der Waals surface area contributed by atoms with Crippen LogP contribution in [0.3, 0.4) is 0 Å². The van der Waals surface area contributed by atoms with Crippen LogP contribution < -0.4 is 54.0 Å². The van der Waals surface area contributed by atoms with Gasteiger partial charge in [0.1, 0.15) is 54.0 Å². The van der Waals surface area contributed by atoms with E-state index in [4.69, 9.17) is 16.2 Å². The first-order valence-electron chi connectivity index (χ1n) is 30.8. The summed E-state index contributed by atoms with van der Waals surface area (Å²) in [5.41, 5.74) is 10.6. The zero-order valence-corrected chi connectivity index (χ0v) is 53.2. The smallest absolute Gasteiger partial charge is 0.268 e. The van der Waals surface area contributed by atoms with Crippen LogP contribution in [0.2, 0.25) is 0 Å². The lowest BCUT2D eigenvalue weighted by atomic mass is 9.90. The van der Waals surface area contributed by atoms with Crippen molar-refractivity contribution in [2.45, 2.75) is 256 Å². The summed E-state index contributed by atoms with van der Waals surface area (Å²) in [4.78, 5) is 168. The highest BCUT2D eigenvalue weighted by Crippen LogP contribution is 2.25. The zero-order chi connectivity index (χ0) is 66.7. The second-order valence-electron chi connectivity index (χ2n) is 23.7. The predicted octanol–water partition coefficient (Wildman–Crippen LogP) is -2.10. The molecular formula is C59H102N12O17. The number of aliphatic hydroxyl groups excluding tert-OH is 4. The number of aliphatic hydroxyl groups is 4. The molecule has 2 heterocycles. The van der Waals surface area contributed by atoms with E-state index < -0.39 is 186 Å². The summed E-state index contributed by atoms with van der Waals surface area (Å²) >= 11 is 0. The number of rotatable bonds is 24. The fourth-order valence-electron chi connectivity index (χ4n) is 10.5. The van der Waals surface area contributed by atoms with Crippen molar-refractivity contribution in [3.8, 4) is 0 Å². The van der Waals surface area contributed by atoms with Gasteiger partial charge in [-0.2, -0.15) is 0 Å². The van der Waals surface area contributed by atoms with Crippen molar-refractivity contribution >= 4 is 70.9 Å². The molecule has 1 unspecified atom stereocenters. The Labute approximate surface area is 516 Å². The SMILES string of the molecule is C/C=C1/NC(=O)[C@H](C(C)C)NC(=O)[C@H](O)[C@@H]([C@@H](C)CCCCCCCCCCC(O)CCC)NC(=O)[C@@H]2CCCN2C(=O)[C@H](CC(N)=O)N(C)C(=O)[C@H]([C@@H](C)OC)NC(=O)[C@@H](C)NC(=O)[C@H](CCC(N)=O)NC(=O)[C@H]([C@@H](C)O)NC(=O)[C@H]([C@@H](C)O)NC1=O. The maximum Gasteiger partial charge on any atom is 0.268 e. The number of methoxy groups -OCH3 is 1. The lowest BCUT2D eigenvalue weighted by Crippen LogP contribution is -2.63. The molecule has 0 radical (unpaired) electrons. The Kier molecular flexibility index (Phi) is 33.9. The monoisotopic (exact) mass is 1250 g/mol. The summed E-state index contributed by atoms with van der Waals surface area (Å²) in [6.07, 6.45) is 2.94. The highest BCUT2D eigenvalue weighted by atomic mass is 16.5. The number of nitrogens with zero attached hydrogens (tertiary/aromatic N) is 2. The van der Waals surface area contributed by atoms with E-state index in [2.05, 4.69) is 42.5 Å². The van der Waals surface area contributed by atoms with Crippen LogP contribution >= 0.6 is 0 Å². The second kappa shape index (κ2) is 38.6. The lowest BCUT2D eigenvalue weighted by molar-refractivity contribution is -0.151. The van der Waals surface area contributed by atoms with Gasteiger partial charge >= 0.3 is 0 Å². The molecule has 500 valence electrons. The largest absolute Gasteiger partial charge is 0.393 e. The van der Waals surface area contributed by atoms with Gasteiger partial charge in [-0.25, -0.2) is 0 Å². The Bertz CT molecular complexity index is 2410. The van der Waals surface area contributed by atoms with E-state index in [1.54, 1.807) is 20.8 Å². The van der Waals surface area contributed by atoms with Gasteiger partial charge in [-0.05, 0) is 85.0 Å². The van der Waals surface area contributed by atoms with Gasteiger partial charge in [-0.15, -0.1) is 0 Å². The molecule has 0 aromatic heterocycles. The third-order valence-corrected chi connectivity index (χ3v) is 16.1. The molecule has 0 spiro atoms. The Hall–Kier alpha value is -6.82. The van der Waals surface area contributed by atoms with Crippen molar-refractivity contribution < 1.29 is 82.7 Å². The molecule has 2 rings (SSSR count). The van der Waals surface area contributed by atoms with E-state index in [0.717, 1.165) is 93.9 Å². The number of carbonyl (C=O) groups is 12. The van der Waals surface area contributed by atoms with E-state index >= 15 is 0 Å². The van der Waals surface area contributed by atoms with Crippen molar-refractivity contribution in [3.63, 3.8) is 0 Å². The number of unbranched alkanes of at least 4 members (excludes halogenated alkanes) is 7. The van der Waals surface area contributed by atoms with Crippen LogP contribution in [0.15, 0.2) is 11.8 Å². The third kappa shape index (κ3) is 24.6. The van der Waals surface area contributed by atoms with Gasteiger partial charge in [0, 0.05) is 27.1 Å². The van der Waals surface area contributed by atoms with Crippen molar-refractivity contribution in [1.29, 1.82) is 0 Å². The molecule has 2 fully saturated rings. The number of allylic oxidation sites excluding steroid dienone is 1. The number of ether oxygens (including phenoxy) is 1. The minimum absolute atomic E-state index is 0.0470. The van der Waals surface area contributed by atoms with Crippen molar-refractivity contribution in [2.24, 2.45) is 23.3 Å². The van der Waals surface area contributed by atoms with E-state index in [1.807, 2.05) is 6.92 Å². The van der Waals surface area contributed by atoms with E-state index in [-0.39, 0.29) is 25.5 Å². The van der Waals surface area contributed by atoms with Gasteiger partial charge in [0.15, 0.2) is 6.10 Å². The topological polar surface area (TPSA) is 450 Å². The Morgan fingerprint density at radius 1 is 0.648 bits per heavy atom. The molecule has 2 saturated heterocycles. The van der Waals surface area contributed by atoms with Crippen LogP contribution in [0.25, 0.3) is 0 Å². The van der Waals surface area contributed by atoms with Gasteiger partial charge in [0.05, 0.1) is 36.9 Å². The Balaban J connectivity index is 2.76. The number of nitrogens with one attached hydrogen (secondary N) is 8. The van der Waals surface area contributed by atoms with Gasteiger partial charge in [0.25, 0.3) is 11.8 Å². The molecule has 0 aromatic rings. The maximum atomic E-state index is 14.8. The summed E-state index contributed by atoms with van der Waals surface area (Å²) in [7, 11) is 2.39. The summed E-state index contributed by atoms with van der Waals surface area (Å²) in [6, 6.07) is -14.4. The average Bonchev–Trinajstić information content (AvgIpc) is 1.74. The van der Waals surface area contributed by atoms with Gasteiger partial charge in [0.2, 0.25) is 59.1 Å². The van der Waals surface area contributed by atoms with Gasteiger partial charge in [-0.3, -0.25) is 57.5 Å². The normalized spacial score (nSPS) is 27.2. The lowest BCUT2D eigenvalue weighted by Gasteiger charge is -2.36. The summed E-state index contributed by atoms with van der Waals surface area (Å²) in [6.45, 7) is 13.0. The van der Waals surface area contributed by atoms with Crippen molar-refractivity contribution in [1.82, 2.24) is 52.3 Å². The van der Waals surface area contributed by atoms with Crippen LogP contribution in [0.5, 0.6) is 0 Å². The number of carbonyl (C=O) groups excluding carboxylic acids is 12. The van der Waals surface area contributed by atoms with E-state index in [1.165, 1.54) is 34.9 Å². The Morgan fingerprint density at radius 3 is 1.73 bits per heavy atom. The molecule has 0 aliphatic carbocycles. The highest BCUT2D eigenvalue weighted by Gasteiger charge is 2.45. The minimum atomic E-state index is -2.03. The van der Waals surface area contributed by atoms with Gasteiger partial charge < -0.3 is 89.0 Å². The standard InChI is InChI=1S/C59H102N12O17/c1-12-23-37(74)25-21-19-17-15-14-16-18-20-24-32(5)45-49(77)57(85)65-44(31(3)4)54(82)63-38(13-2)51(79)67-47(35(8)73)56(84)68-46(34(7)72)55(83)64-39(27-28-42(60)75)52(80)62-33(6)50(78)69-48(36(9)88-11)59(87)70(10)41(30-43(61)76)58(86)71-29-22-26-40(71)53(81)66-45/h13,31-37,39-41,44-49,72-74,77H,12,14-30H2,1-11H3,(H2,60,75)(H2,61,76)(H,62,80)(H,63,82)(H,64,83)(H,65,85)(H,66,81)(H,67,79)(H,68,84)(H,69,78)/b38-13+/t32-,33+,34+,35+,36+,37?,39-,40-,41-,44-,45+,46-,47-,48-,49+/m0/s1. The van der Waals surface area contributed by atoms with Crippen LogP contribution in [-0.2, 0) is 62.3 Å². The summed E-state index contributed by atoms with van der Waals surface area (Å²) in [5.74, 6) is -13.7. The van der Waals surface area contributed by atoms with Crippen LogP contribution in [-0.4, -0.2) is 207 Å². The highest BCUT2D eigenvalue weighted by molar-refractivity contribution is 6.03. The van der Waals surface area contributed by atoms with Crippen molar-refractivity contribution in [2.75, 3.05) is 20.7 Å². The number of hydrogen-bond donors (Lipinski definition) is 14. The van der Waals surface area contributed by atoms with E-state index in [0.29, 0.717) is 12.8 Å². The molecule has 2 aliphatic rings. The quantitative estimate of drug-likeness (QED) is 0.0364. The number of likely N-dealkylation sites (N-methyl/N-ethyl adjacent to an activating group) is 1. The fourth-order valence-corrected chi connectivity index (χ4v) is 10.5.